The Hall–Kier alpha value is -3.26. The van der Waals surface area contributed by atoms with Gasteiger partial charge in [0, 0.05) is 25.3 Å². The third-order valence-electron chi connectivity index (χ3n) is 4.86. The second-order valence-corrected chi connectivity index (χ2v) is 7.57. The number of nitrogens with zero attached hydrogens (tertiary/aromatic N) is 1. The third-order valence-corrected chi connectivity index (χ3v) is 5.33. The molecule has 4 rings (SSSR count). The van der Waals surface area contributed by atoms with Crippen LogP contribution in [0.15, 0.2) is 60.7 Å². The molecule has 0 bridgehead atoms. The molecule has 31 heavy (non-hydrogen) atoms. The van der Waals surface area contributed by atoms with Crippen LogP contribution in [-0.4, -0.2) is 30.7 Å². The molecule has 3 aromatic rings. The van der Waals surface area contributed by atoms with Crippen molar-refractivity contribution >= 4 is 23.0 Å². The summed E-state index contributed by atoms with van der Waals surface area (Å²) < 4.78 is 50.9. The summed E-state index contributed by atoms with van der Waals surface area (Å²) in [5, 5.41) is 3.62. The summed E-state index contributed by atoms with van der Waals surface area (Å²) in [5.74, 6) is -0.00769. The molecule has 1 heterocycles. The number of hydrogen-bond acceptors (Lipinski definition) is 3. The predicted octanol–water partition coefficient (Wildman–Crippen LogP) is 5.83. The summed E-state index contributed by atoms with van der Waals surface area (Å²) >= 11 is 5.32. The highest BCUT2D eigenvalue weighted by atomic mass is 32.1. The average molecular weight is 444 g/mol. The minimum Gasteiger partial charge on any atom is -0.480 e. The molecule has 0 radical (unpaired) electrons. The average Bonchev–Trinajstić information content (AvgIpc) is 2.72. The molecular weight excluding hydrogens is 425 g/mol. The first-order valence-electron chi connectivity index (χ1n) is 9.46. The van der Waals surface area contributed by atoms with Gasteiger partial charge < -0.3 is 19.7 Å². The Kier molecular flexibility index (Phi) is 5.73. The minimum absolute atomic E-state index is 0.0102. The van der Waals surface area contributed by atoms with Crippen LogP contribution < -0.4 is 14.8 Å². The van der Waals surface area contributed by atoms with Gasteiger partial charge in [0.05, 0.1) is 5.56 Å². The first kappa shape index (κ1) is 21.0. The number of alkyl halides is 2. The molecule has 0 aliphatic carbocycles. The second kappa shape index (κ2) is 8.47. The number of anilines is 1. The van der Waals surface area contributed by atoms with Crippen LogP contribution in [0.3, 0.4) is 0 Å². The highest BCUT2D eigenvalue weighted by Gasteiger charge is 2.31. The van der Waals surface area contributed by atoms with E-state index in [0.717, 1.165) is 0 Å². The van der Waals surface area contributed by atoms with Gasteiger partial charge in [-0.2, -0.15) is 8.78 Å². The van der Waals surface area contributed by atoms with Gasteiger partial charge in [-0.1, -0.05) is 24.3 Å². The monoisotopic (exact) mass is 444 g/mol. The Balaban J connectivity index is 1.87. The SMILES string of the molecule is CN(C)C(=S)Nc1ccc2c(c1)C(c1cccc(F)c1)Oc1cccc(OC(F)F)c1-2. The zero-order chi connectivity index (χ0) is 22.1. The van der Waals surface area contributed by atoms with E-state index in [0.29, 0.717) is 38.8 Å². The van der Waals surface area contributed by atoms with Crippen LogP contribution in [0.25, 0.3) is 11.1 Å². The van der Waals surface area contributed by atoms with Crippen molar-refractivity contribution in [1.29, 1.82) is 0 Å². The Morgan fingerprint density at radius 2 is 1.87 bits per heavy atom. The van der Waals surface area contributed by atoms with E-state index in [9.17, 15) is 13.2 Å². The molecule has 1 unspecified atom stereocenters. The molecule has 0 aromatic heterocycles. The summed E-state index contributed by atoms with van der Waals surface area (Å²) in [5.41, 5.74) is 3.05. The lowest BCUT2D eigenvalue weighted by Crippen LogP contribution is -2.27. The van der Waals surface area contributed by atoms with E-state index in [-0.39, 0.29) is 5.75 Å². The van der Waals surface area contributed by atoms with E-state index in [1.165, 1.54) is 18.2 Å². The lowest BCUT2D eigenvalue weighted by Gasteiger charge is -2.31. The van der Waals surface area contributed by atoms with Crippen molar-refractivity contribution in [2.24, 2.45) is 0 Å². The fourth-order valence-corrected chi connectivity index (χ4v) is 3.61. The molecule has 4 nitrogen and oxygen atoms in total. The van der Waals surface area contributed by atoms with Crippen molar-refractivity contribution in [1.82, 2.24) is 4.90 Å². The number of ether oxygens (including phenoxy) is 2. The van der Waals surface area contributed by atoms with Crippen molar-refractivity contribution in [2.75, 3.05) is 19.4 Å². The number of fused-ring (bicyclic) bond motifs is 3. The van der Waals surface area contributed by atoms with Gasteiger partial charge in [-0.3, -0.25) is 0 Å². The van der Waals surface area contributed by atoms with Gasteiger partial charge in [-0.25, -0.2) is 4.39 Å². The van der Waals surface area contributed by atoms with E-state index in [2.05, 4.69) is 5.32 Å². The Bertz CT molecular complexity index is 1140. The fourth-order valence-electron chi connectivity index (χ4n) is 3.50. The number of hydrogen-bond donors (Lipinski definition) is 1. The fraction of sp³-hybridized carbons (Fsp3) is 0.174. The normalized spacial score (nSPS) is 14.3. The quantitative estimate of drug-likeness (QED) is 0.512. The second-order valence-electron chi connectivity index (χ2n) is 7.19. The predicted molar refractivity (Wildman–Crippen MR) is 117 cm³/mol. The van der Waals surface area contributed by atoms with Gasteiger partial charge in [-0.05, 0) is 59.7 Å². The topological polar surface area (TPSA) is 33.7 Å². The third kappa shape index (κ3) is 4.29. The summed E-state index contributed by atoms with van der Waals surface area (Å²) in [6.45, 7) is -2.98. The molecule has 0 saturated carbocycles. The van der Waals surface area contributed by atoms with E-state index in [1.807, 2.05) is 20.2 Å². The van der Waals surface area contributed by atoms with Crippen molar-refractivity contribution in [3.8, 4) is 22.6 Å². The Morgan fingerprint density at radius 3 is 2.58 bits per heavy atom. The lowest BCUT2D eigenvalue weighted by molar-refractivity contribution is -0.0496. The molecule has 1 N–H and O–H groups in total. The van der Waals surface area contributed by atoms with Crippen LogP contribution in [-0.2, 0) is 0 Å². The van der Waals surface area contributed by atoms with E-state index < -0.39 is 18.5 Å². The summed E-state index contributed by atoms with van der Waals surface area (Å²) in [4.78, 5) is 1.75. The van der Waals surface area contributed by atoms with Gasteiger partial charge in [0.15, 0.2) is 5.11 Å². The molecule has 1 atom stereocenters. The largest absolute Gasteiger partial charge is 0.480 e. The standard InChI is InChI=1S/C23H19F3N2O2S/c1-28(2)23(31)27-15-9-10-16-17(12-15)21(13-5-3-6-14(24)11-13)29-18-7-4-8-19(20(16)18)30-22(25)26/h3-12,21-22H,1-2H3,(H,27,31). The van der Waals surface area contributed by atoms with Crippen LogP contribution in [0.2, 0.25) is 0 Å². The van der Waals surface area contributed by atoms with Gasteiger partial charge in [0.25, 0.3) is 0 Å². The molecule has 0 amide bonds. The molecule has 0 fully saturated rings. The maximum atomic E-state index is 13.9. The zero-order valence-corrected chi connectivity index (χ0v) is 17.6. The lowest BCUT2D eigenvalue weighted by atomic mass is 9.88. The smallest absolute Gasteiger partial charge is 0.387 e. The molecular formula is C23H19F3N2O2S. The summed E-state index contributed by atoms with van der Waals surface area (Å²) in [7, 11) is 3.63. The van der Waals surface area contributed by atoms with Crippen LogP contribution in [0.1, 0.15) is 17.2 Å². The summed E-state index contributed by atoms with van der Waals surface area (Å²) in [6.07, 6.45) is -0.644. The molecule has 0 spiro atoms. The minimum atomic E-state index is -2.98. The molecule has 160 valence electrons. The van der Waals surface area contributed by atoms with Gasteiger partial charge in [0.1, 0.15) is 23.4 Å². The van der Waals surface area contributed by atoms with E-state index >= 15 is 0 Å². The highest BCUT2D eigenvalue weighted by molar-refractivity contribution is 7.80. The van der Waals surface area contributed by atoms with Crippen LogP contribution >= 0.6 is 12.2 Å². The highest BCUT2D eigenvalue weighted by Crippen LogP contribution is 2.49. The van der Waals surface area contributed by atoms with E-state index in [4.69, 9.17) is 21.7 Å². The van der Waals surface area contributed by atoms with Gasteiger partial charge in [0.2, 0.25) is 0 Å². The summed E-state index contributed by atoms with van der Waals surface area (Å²) in [6, 6.07) is 16.2. The van der Waals surface area contributed by atoms with Crippen LogP contribution in [0, 0.1) is 5.82 Å². The van der Waals surface area contributed by atoms with Crippen molar-refractivity contribution < 1.29 is 22.6 Å². The first-order valence-corrected chi connectivity index (χ1v) is 9.87. The molecule has 1 aliphatic heterocycles. The maximum absolute atomic E-state index is 13.9. The molecule has 0 saturated heterocycles. The molecule has 3 aromatic carbocycles. The van der Waals surface area contributed by atoms with Crippen LogP contribution in [0.5, 0.6) is 11.5 Å². The van der Waals surface area contributed by atoms with E-state index in [1.54, 1.807) is 41.3 Å². The number of thiocarbonyl (C=S) groups is 1. The van der Waals surface area contributed by atoms with Crippen LogP contribution in [0.4, 0.5) is 18.9 Å². The Labute approximate surface area is 183 Å². The van der Waals surface area contributed by atoms with Gasteiger partial charge >= 0.3 is 6.61 Å². The van der Waals surface area contributed by atoms with Crippen molar-refractivity contribution in [3.05, 3.63) is 77.6 Å². The van der Waals surface area contributed by atoms with Gasteiger partial charge in [-0.15, -0.1) is 0 Å². The number of rotatable bonds is 4. The number of benzene rings is 3. The molecule has 8 heteroatoms. The first-order chi connectivity index (χ1) is 14.8. The van der Waals surface area contributed by atoms with Crippen molar-refractivity contribution in [2.45, 2.75) is 12.7 Å². The Morgan fingerprint density at radius 1 is 1.10 bits per heavy atom. The molecule has 1 aliphatic rings. The number of halogens is 3. The zero-order valence-electron chi connectivity index (χ0n) is 16.7. The maximum Gasteiger partial charge on any atom is 0.387 e. The number of nitrogens with one attached hydrogen (secondary N) is 1. The van der Waals surface area contributed by atoms with Crippen molar-refractivity contribution in [3.63, 3.8) is 0 Å².